The molecule has 1 saturated heterocycles. The van der Waals surface area contributed by atoms with Crippen LogP contribution in [0.2, 0.25) is 5.02 Å². The highest BCUT2D eigenvalue weighted by molar-refractivity contribution is 7.10. The van der Waals surface area contributed by atoms with Crippen molar-refractivity contribution in [3.8, 4) is 11.8 Å². The number of nitrogens with zero attached hydrogens (tertiary/aromatic N) is 4. The first-order chi connectivity index (χ1) is 16.8. The number of nitrogens with one attached hydrogen (secondary N) is 1. The SMILES string of the molecule is Cc1cc(C#Cc2cccs2)cnc1NC(=O)c1c(Cl)cnn1CC1CCN(C(=O)C(C)C)CC1. The van der Waals surface area contributed by atoms with Crippen LogP contribution < -0.4 is 5.32 Å². The number of anilines is 1. The fourth-order valence-corrected chi connectivity index (χ4v) is 4.89. The van der Waals surface area contributed by atoms with Crippen molar-refractivity contribution in [2.45, 2.75) is 40.2 Å². The number of rotatable bonds is 5. The number of hydrogen-bond donors (Lipinski definition) is 1. The summed E-state index contributed by atoms with van der Waals surface area (Å²) in [4.78, 5) is 32.7. The van der Waals surface area contributed by atoms with Gasteiger partial charge in [-0.2, -0.15) is 5.10 Å². The second-order valence-corrected chi connectivity index (χ2v) is 10.4. The molecule has 9 heteroatoms. The molecule has 0 aromatic carbocycles. The molecule has 35 heavy (non-hydrogen) atoms. The molecule has 0 spiro atoms. The van der Waals surface area contributed by atoms with Crippen molar-refractivity contribution < 1.29 is 9.59 Å². The van der Waals surface area contributed by atoms with Gasteiger partial charge in [-0.05, 0) is 48.8 Å². The first kappa shape index (κ1) is 25.0. The maximum absolute atomic E-state index is 13.1. The molecule has 1 aliphatic rings. The molecule has 0 unspecified atom stereocenters. The number of likely N-dealkylation sites (tertiary alicyclic amines) is 1. The van der Waals surface area contributed by atoms with Gasteiger partial charge in [-0.3, -0.25) is 14.3 Å². The average Bonchev–Trinajstić information content (AvgIpc) is 3.49. The molecule has 0 radical (unpaired) electrons. The summed E-state index contributed by atoms with van der Waals surface area (Å²) in [7, 11) is 0. The predicted octanol–water partition coefficient (Wildman–Crippen LogP) is 4.85. The molecule has 0 saturated carbocycles. The van der Waals surface area contributed by atoms with Crippen LogP contribution in [0.15, 0.2) is 36.0 Å². The Morgan fingerprint density at radius 2 is 2.03 bits per heavy atom. The summed E-state index contributed by atoms with van der Waals surface area (Å²) in [6.45, 7) is 7.75. The first-order valence-corrected chi connectivity index (χ1v) is 12.9. The van der Waals surface area contributed by atoms with Crippen LogP contribution in [0.25, 0.3) is 0 Å². The van der Waals surface area contributed by atoms with Gasteiger partial charge in [0.15, 0.2) is 0 Å². The van der Waals surface area contributed by atoms with E-state index in [9.17, 15) is 9.59 Å². The Balaban J connectivity index is 1.41. The fraction of sp³-hybridized carbons (Fsp3) is 0.385. The Hall–Kier alpha value is -3.15. The standard InChI is InChI=1S/C26H28ClN5O2S/c1-17(2)26(34)31-10-8-19(9-11-31)16-32-23(22(27)15-29-32)25(33)30-24-18(3)13-20(14-28-24)6-7-21-5-4-12-35-21/h4-5,12-15,17,19H,8-11,16H2,1-3H3,(H,28,30,33). The van der Waals surface area contributed by atoms with Crippen molar-refractivity contribution in [1.82, 2.24) is 19.7 Å². The van der Waals surface area contributed by atoms with Gasteiger partial charge in [-0.1, -0.05) is 43.4 Å². The lowest BCUT2D eigenvalue weighted by Crippen LogP contribution is -2.41. The van der Waals surface area contributed by atoms with Gasteiger partial charge in [0.1, 0.15) is 11.5 Å². The van der Waals surface area contributed by atoms with Gasteiger partial charge in [0.2, 0.25) is 5.91 Å². The zero-order valence-electron chi connectivity index (χ0n) is 20.0. The van der Waals surface area contributed by atoms with Crippen LogP contribution in [0.5, 0.6) is 0 Å². The highest BCUT2D eigenvalue weighted by Gasteiger charge is 2.26. The number of aromatic nitrogens is 3. The third kappa shape index (κ3) is 6.11. The molecular weight excluding hydrogens is 482 g/mol. The van der Waals surface area contributed by atoms with E-state index in [1.807, 2.05) is 49.3 Å². The van der Waals surface area contributed by atoms with Gasteiger partial charge in [0.25, 0.3) is 5.91 Å². The van der Waals surface area contributed by atoms with E-state index in [0.29, 0.717) is 29.0 Å². The van der Waals surface area contributed by atoms with E-state index >= 15 is 0 Å². The number of thiophene rings is 1. The monoisotopic (exact) mass is 509 g/mol. The summed E-state index contributed by atoms with van der Waals surface area (Å²) >= 11 is 7.93. The highest BCUT2D eigenvalue weighted by atomic mass is 35.5. The highest BCUT2D eigenvalue weighted by Crippen LogP contribution is 2.24. The Kier molecular flexibility index (Phi) is 7.89. The molecule has 3 aromatic heterocycles. The predicted molar refractivity (Wildman–Crippen MR) is 139 cm³/mol. The van der Waals surface area contributed by atoms with Crippen molar-refractivity contribution in [2.24, 2.45) is 11.8 Å². The van der Waals surface area contributed by atoms with Gasteiger partial charge in [-0.25, -0.2) is 4.98 Å². The van der Waals surface area contributed by atoms with Gasteiger partial charge >= 0.3 is 0 Å². The summed E-state index contributed by atoms with van der Waals surface area (Å²) in [5, 5.41) is 9.50. The molecule has 4 rings (SSSR count). The lowest BCUT2D eigenvalue weighted by Gasteiger charge is -2.33. The number of hydrogen-bond acceptors (Lipinski definition) is 5. The third-order valence-corrected chi connectivity index (χ3v) is 7.08. The number of carbonyl (C=O) groups is 2. The largest absolute Gasteiger partial charge is 0.342 e. The first-order valence-electron chi connectivity index (χ1n) is 11.7. The molecule has 0 bridgehead atoms. The second kappa shape index (κ2) is 11.1. The number of pyridine rings is 1. The molecule has 0 aliphatic carbocycles. The Labute approximate surface area is 214 Å². The van der Waals surface area contributed by atoms with Crippen LogP contribution in [0.3, 0.4) is 0 Å². The average molecular weight is 510 g/mol. The quantitative estimate of drug-likeness (QED) is 0.499. The van der Waals surface area contributed by atoms with Crippen molar-refractivity contribution in [1.29, 1.82) is 0 Å². The molecule has 4 heterocycles. The summed E-state index contributed by atoms with van der Waals surface area (Å²) < 4.78 is 1.67. The number of carbonyl (C=O) groups excluding carboxylic acids is 2. The van der Waals surface area contributed by atoms with E-state index in [1.165, 1.54) is 6.20 Å². The molecule has 1 aliphatic heterocycles. The zero-order chi connectivity index (χ0) is 24.9. The summed E-state index contributed by atoms with van der Waals surface area (Å²) in [5.41, 5.74) is 1.90. The maximum Gasteiger partial charge on any atom is 0.276 e. The van der Waals surface area contributed by atoms with Crippen LogP contribution in [0, 0.1) is 30.6 Å². The number of amides is 2. The van der Waals surface area contributed by atoms with Gasteiger partial charge in [0, 0.05) is 37.3 Å². The summed E-state index contributed by atoms with van der Waals surface area (Å²) in [6, 6.07) is 5.83. The number of piperidine rings is 1. The fourth-order valence-electron chi connectivity index (χ4n) is 4.10. The van der Waals surface area contributed by atoms with E-state index in [2.05, 4.69) is 27.2 Å². The summed E-state index contributed by atoms with van der Waals surface area (Å²) in [6.07, 6.45) is 4.88. The van der Waals surface area contributed by atoms with E-state index in [4.69, 9.17) is 11.6 Å². The molecule has 1 fully saturated rings. The Bertz CT molecular complexity index is 1260. The maximum atomic E-state index is 13.1. The van der Waals surface area contributed by atoms with Crippen molar-refractivity contribution in [3.63, 3.8) is 0 Å². The second-order valence-electron chi connectivity index (χ2n) is 9.02. The van der Waals surface area contributed by atoms with E-state index in [-0.39, 0.29) is 17.7 Å². The molecule has 2 amide bonds. The van der Waals surface area contributed by atoms with Crippen LogP contribution >= 0.6 is 22.9 Å². The molecule has 3 aromatic rings. The molecule has 1 N–H and O–H groups in total. The molecule has 0 atom stereocenters. The van der Waals surface area contributed by atoms with E-state index < -0.39 is 0 Å². The normalized spacial score (nSPS) is 14.0. The Morgan fingerprint density at radius 3 is 2.69 bits per heavy atom. The molecule has 182 valence electrons. The minimum Gasteiger partial charge on any atom is -0.342 e. The van der Waals surface area contributed by atoms with Gasteiger partial charge in [-0.15, -0.1) is 11.3 Å². The third-order valence-electron chi connectivity index (χ3n) is 6.02. The van der Waals surface area contributed by atoms with Gasteiger partial charge < -0.3 is 10.2 Å². The number of aryl methyl sites for hydroxylation is 1. The minimum atomic E-state index is -0.354. The van der Waals surface area contributed by atoms with Crippen molar-refractivity contribution in [3.05, 3.63) is 62.7 Å². The van der Waals surface area contributed by atoms with Gasteiger partial charge in [0.05, 0.1) is 16.1 Å². The van der Waals surface area contributed by atoms with Crippen molar-refractivity contribution >= 4 is 40.6 Å². The van der Waals surface area contributed by atoms with Crippen LogP contribution in [0.4, 0.5) is 5.82 Å². The lowest BCUT2D eigenvalue weighted by molar-refractivity contribution is -0.135. The molecule has 7 nitrogen and oxygen atoms in total. The summed E-state index contributed by atoms with van der Waals surface area (Å²) in [5.74, 6) is 6.83. The van der Waals surface area contributed by atoms with Crippen LogP contribution in [-0.4, -0.2) is 44.6 Å². The van der Waals surface area contributed by atoms with Crippen molar-refractivity contribution in [2.75, 3.05) is 18.4 Å². The Morgan fingerprint density at radius 1 is 1.26 bits per heavy atom. The number of halogens is 1. The minimum absolute atomic E-state index is 0.00550. The lowest BCUT2D eigenvalue weighted by atomic mass is 9.96. The molecular formula is C26H28ClN5O2S. The smallest absolute Gasteiger partial charge is 0.276 e. The van der Waals surface area contributed by atoms with Crippen LogP contribution in [0.1, 0.15) is 53.2 Å². The van der Waals surface area contributed by atoms with Crippen LogP contribution in [-0.2, 0) is 11.3 Å². The topological polar surface area (TPSA) is 80.1 Å². The van der Waals surface area contributed by atoms with E-state index in [0.717, 1.165) is 41.9 Å². The zero-order valence-corrected chi connectivity index (χ0v) is 21.6. The van der Waals surface area contributed by atoms with E-state index in [1.54, 1.807) is 22.2 Å².